The molecule has 1 unspecified atom stereocenters. The van der Waals surface area contributed by atoms with Crippen molar-refractivity contribution >= 4 is 5.78 Å². The fourth-order valence-corrected chi connectivity index (χ4v) is 3.01. The van der Waals surface area contributed by atoms with E-state index in [2.05, 4.69) is 5.32 Å². The molecular formula is C23H23NO6. The van der Waals surface area contributed by atoms with Gasteiger partial charge >= 0.3 is 0 Å². The number of hydrogen-bond acceptors (Lipinski definition) is 7. The molecule has 3 rings (SSSR count). The molecule has 2 aromatic carbocycles. The van der Waals surface area contributed by atoms with Gasteiger partial charge in [0.05, 0.1) is 14.2 Å². The number of methoxy groups -OCH3 is 2. The van der Waals surface area contributed by atoms with Gasteiger partial charge in [-0.3, -0.25) is 14.9 Å². The van der Waals surface area contributed by atoms with E-state index in [0.29, 0.717) is 29.4 Å². The van der Waals surface area contributed by atoms with Gasteiger partial charge in [0, 0.05) is 18.2 Å². The zero-order valence-corrected chi connectivity index (χ0v) is 17.0. The number of aromatic hydroxyl groups is 1. The normalized spacial score (nSPS) is 11.7. The topological polar surface area (TPSA) is 98.0 Å². The Kier molecular flexibility index (Phi) is 6.54. The second-order valence-electron chi connectivity index (χ2n) is 6.69. The van der Waals surface area contributed by atoms with Crippen molar-refractivity contribution in [2.24, 2.45) is 0 Å². The molecule has 7 nitrogen and oxygen atoms in total. The second-order valence-corrected chi connectivity index (χ2v) is 6.69. The SMILES string of the molecule is COc1ccc(CNC(C(=O)c2ccc(OC)cc2)c2oc(C)cc(=O)c2O)cc1. The summed E-state index contributed by atoms with van der Waals surface area (Å²) in [5.74, 6) is 0.567. The van der Waals surface area contributed by atoms with Crippen LogP contribution in [0.1, 0.15) is 33.5 Å². The van der Waals surface area contributed by atoms with E-state index in [9.17, 15) is 14.7 Å². The first-order valence-corrected chi connectivity index (χ1v) is 9.31. The van der Waals surface area contributed by atoms with Crippen molar-refractivity contribution < 1.29 is 23.8 Å². The van der Waals surface area contributed by atoms with E-state index in [1.54, 1.807) is 38.3 Å². The van der Waals surface area contributed by atoms with E-state index in [4.69, 9.17) is 13.9 Å². The Morgan fingerprint density at radius 2 is 1.60 bits per heavy atom. The highest BCUT2D eigenvalue weighted by Gasteiger charge is 2.28. The number of benzene rings is 2. The number of nitrogens with one attached hydrogen (secondary N) is 1. The molecule has 0 spiro atoms. The molecule has 0 fully saturated rings. The van der Waals surface area contributed by atoms with Crippen LogP contribution in [0.5, 0.6) is 17.2 Å². The van der Waals surface area contributed by atoms with Crippen molar-refractivity contribution in [1.82, 2.24) is 5.32 Å². The number of carbonyl (C=O) groups excluding carboxylic acids is 1. The number of rotatable bonds is 8. The maximum atomic E-state index is 13.2. The number of hydrogen-bond donors (Lipinski definition) is 2. The molecule has 7 heteroatoms. The third kappa shape index (κ3) is 4.69. The molecule has 2 N–H and O–H groups in total. The summed E-state index contributed by atoms with van der Waals surface area (Å²) in [6.07, 6.45) is 0. The number of carbonyl (C=O) groups is 1. The van der Waals surface area contributed by atoms with E-state index in [0.717, 1.165) is 5.56 Å². The lowest BCUT2D eigenvalue weighted by Crippen LogP contribution is -2.29. The molecule has 0 aliphatic heterocycles. The summed E-state index contributed by atoms with van der Waals surface area (Å²) in [4.78, 5) is 25.3. The average molecular weight is 409 g/mol. The lowest BCUT2D eigenvalue weighted by Gasteiger charge is -2.18. The Morgan fingerprint density at radius 3 is 2.17 bits per heavy atom. The number of ketones is 1. The molecule has 1 heterocycles. The lowest BCUT2D eigenvalue weighted by atomic mass is 10.0. The molecule has 1 aromatic heterocycles. The highest BCUT2D eigenvalue weighted by molar-refractivity contribution is 6.00. The lowest BCUT2D eigenvalue weighted by molar-refractivity contribution is 0.0925. The summed E-state index contributed by atoms with van der Waals surface area (Å²) >= 11 is 0. The Morgan fingerprint density at radius 1 is 1.03 bits per heavy atom. The van der Waals surface area contributed by atoms with Crippen LogP contribution in [0.4, 0.5) is 0 Å². The minimum Gasteiger partial charge on any atom is -0.502 e. The van der Waals surface area contributed by atoms with Crippen LogP contribution in [0.2, 0.25) is 0 Å². The van der Waals surface area contributed by atoms with Gasteiger partial charge in [0.25, 0.3) is 0 Å². The number of ether oxygens (including phenoxy) is 2. The number of Topliss-reactive ketones (excluding diaryl/α,β-unsaturated/α-hetero) is 1. The molecule has 0 bridgehead atoms. The van der Waals surface area contributed by atoms with Crippen LogP contribution in [0.25, 0.3) is 0 Å². The van der Waals surface area contributed by atoms with Crippen molar-refractivity contribution in [1.29, 1.82) is 0 Å². The standard InChI is InChI=1S/C23H23NO6/c1-14-12-19(25)22(27)23(30-14)20(21(26)16-6-10-18(29-3)11-7-16)24-13-15-4-8-17(28-2)9-5-15/h4-12,20,24,27H,13H2,1-3H3. The van der Waals surface area contributed by atoms with Crippen molar-refractivity contribution in [3.63, 3.8) is 0 Å². The van der Waals surface area contributed by atoms with Crippen LogP contribution < -0.4 is 20.2 Å². The second kappa shape index (κ2) is 9.28. The van der Waals surface area contributed by atoms with Crippen molar-refractivity contribution in [3.05, 3.63) is 87.5 Å². The Labute approximate surface area is 173 Å². The average Bonchev–Trinajstić information content (AvgIpc) is 2.77. The fraction of sp³-hybridized carbons (Fsp3) is 0.217. The summed E-state index contributed by atoms with van der Waals surface area (Å²) in [6, 6.07) is 14.0. The van der Waals surface area contributed by atoms with Gasteiger partial charge in [-0.2, -0.15) is 0 Å². The third-order valence-corrected chi connectivity index (χ3v) is 4.64. The fourth-order valence-electron chi connectivity index (χ4n) is 3.01. The molecular weight excluding hydrogens is 386 g/mol. The summed E-state index contributed by atoms with van der Waals surface area (Å²) in [5.41, 5.74) is 0.664. The molecule has 0 aliphatic rings. The van der Waals surface area contributed by atoms with Gasteiger partial charge < -0.3 is 19.0 Å². The molecule has 3 aromatic rings. The van der Waals surface area contributed by atoms with Crippen LogP contribution in [-0.2, 0) is 6.54 Å². The zero-order valence-electron chi connectivity index (χ0n) is 17.0. The van der Waals surface area contributed by atoms with Crippen molar-refractivity contribution in [2.45, 2.75) is 19.5 Å². The highest BCUT2D eigenvalue weighted by Crippen LogP contribution is 2.27. The van der Waals surface area contributed by atoms with E-state index in [-0.39, 0.29) is 11.5 Å². The molecule has 1 atom stereocenters. The summed E-state index contributed by atoms with van der Waals surface area (Å²) in [5, 5.41) is 13.4. The van der Waals surface area contributed by atoms with Gasteiger partial charge in [0.1, 0.15) is 23.3 Å². The minimum absolute atomic E-state index is 0.116. The summed E-state index contributed by atoms with van der Waals surface area (Å²) in [6.45, 7) is 1.89. The van der Waals surface area contributed by atoms with E-state index < -0.39 is 17.2 Å². The summed E-state index contributed by atoms with van der Waals surface area (Å²) < 4.78 is 15.9. The van der Waals surface area contributed by atoms with Gasteiger partial charge in [-0.25, -0.2) is 0 Å². The zero-order chi connectivity index (χ0) is 21.7. The summed E-state index contributed by atoms with van der Waals surface area (Å²) in [7, 11) is 3.12. The van der Waals surface area contributed by atoms with Gasteiger partial charge in [0.2, 0.25) is 11.2 Å². The first kappa shape index (κ1) is 21.1. The first-order valence-electron chi connectivity index (χ1n) is 9.31. The van der Waals surface area contributed by atoms with Gasteiger partial charge in [-0.1, -0.05) is 12.1 Å². The van der Waals surface area contributed by atoms with Crippen molar-refractivity contribution in [2.75, 3.05) is 14.2 Å². The third-order valence-electron chi connectivity index (χ3n) is 4.64. The molecule has 156 valence electrons. The van der Waals surface area contributed by atoms with Crippen LogP contribution in [0, 0.1) is 6.92 Å². The Balaban J connectivity index is 1.95. The van der Waals surface area contributed by atoms with Crippen LogP contribution >= 0.6 is 0 Å². The maximum Gasteiger partial charge on any atom is 0.227 e. The van der Waals surface area contributed by atoms with Gasteiger partial charge in [-0.15, -0.1) is 0 Å². The predicted octanol–water partition coefficient (Wildman–Crippen LogP) is 3.38. The van der Waals surface area contributed by atoms with E-state index in [1.807, 2.05) is 24.3 Å². The maximum absolute atomic E-state index is 13.2. The Hall–Kier alpha value is -3.58. The Bertz CT molecular complexity index is 1070. The monoisotopic (exact) mass is 409 g/mol. The highest BCUT2D eigenvalue weighted by atomic mass is 16.5. The van der Waals surface area contributed by atoms with Crippen molar-refractivity contribution in [3.8, 4) is 17.2 Å². The van der Waals surface area contributed by atoms with Gasteiger partial charge in [0.15, 0.2) is 11.5 Å². The minimum atomic E-state index is -1.06. The van der Waals surface area contributed by atoms with Crippen LogP contribution in [0.15, 0.2) is 63.8 Å². The van der Waals surface area contributed by atoms with Crippen LogP contribution in [-0.4, -0.2) is 25.1 Å². The van der Waals surface area contributed by atoms with Crippen LogP contribution in [0.3, 0.4) is 0 Å². The quantitative estimate of drug-likeness (QED) is 0.550. The molecule has 0 saturated heterocycles. The smallest absolute Gasteiger partial charge is 0.227 e. The van der Waals surface area contributed by atoms with E-state index >= 15 is 0 Å². The molecule has 0 aliphatic carbocycles. The molecule has 30 heavy (non-hydrogen) atoms. The first-order chi connectivity index (χ1) is 14.4. The molecule has 0 saturated carbocycles. The van der Waals surface area contributed by atoms with Gasteiger partial charge in [-0.05, 0) is 48.9 Å². The van der Waals surface area contributed by atoms with E-state index in [1.165, 1.54) is 13.2 Å². The molecule has 0 radical (unpaired) electrons. The predicted molar refractivity (Wildman–Crippen MR) is 111 cm³/mol. The molecule has 0 amide bonds. The number of aryl methyl sites for hydroxylation is 1. The largest absolute Gasteiger partial charge is 0.502 e.